The van der Waals surface area contributed by atoms with Gasteiger partial charge in [-0.3, -0.25) is 0 Å². The Morgan fingerprint density at radius 2 is 2.11 bits per heavy atom. The topological polar surface area (TPSA) is 58.2 Å². The molecular weight excluding hydrogens is 268 g/mol. The average molecular weight is 288 g/mol. The van der Waals surface area contributed by atoms with Crippen LogP contribution in [0.3, 0.4) is 0 Å². The lowest BCUT2D eigenvalue weighted by Crippen LogP contribution is -2.29. The summed E-state index contributed by atoms with van der Waals surface area (Å²) in [6.45, 7) is 5.23. The van der Waals surface area contributed by atoms with Crippen molar-refractivity contribution in [3.63, 3.8) is 0 Å². The van der Waals surface area contributed by atoms with E-state index in [-0.39, 0.29) is 5.41 Å². The van der Waals surface area contributed by atoms with E-state index in [1.807, 2.05) is 14.0 Å². The lowest BCUT2D eigenvalue weighted by molar-refractivity contribution is 0.530. The molecule has 0 amide bonds. The molecule has 102 valence electrons. The molecule has 0 spiro atoms. The molecule has 0 aromatic carbocycles. The Balaban J connectivity index is 2.13. The molecule has 1 aliphatic carbocycles. The van der Waals surface area contributed by atoms with Crippen LogP contribution in [0.15, 0.2) is 11.0 Å². The summed E-state index contributed by atoms with van der Waals surface area (Å²) in [5.74, 6) is 0. The SMILES string of the molecule is CNCc1cc(S(=O)(=O)NCC2(C)CC2)c(C)s1. The van der Waals surface area contributed by atoms with Crippen LogP contribution in [-0.4, -0.2) is 22.0 Å². The minimum atomic E-state index is -3.35. The highest BCUT2D eigenvalue weighted by Crippen LogP contribution is 2.44. The summed E-state index contributed by atoms with van der Waals surface area (Å²) in [4.78, 5) is 2.34. The number of thiophene rings is 1. The Morgan fingerprint density at radius 1 is 1.44 bits per heavy atom. The molecule has 1 heterocycles. The Kier molecular flexibility index (Phi) is 3.82. The molecule has 0 saturated heterocycles. The third-order valence-corrected chi connectivity index (χ3v) is 6.06. The van der Waals surface area contributed by atoms with Crippen LogP contribution in [0, 0.1) is 12.3 Å². The van der Waals surface area contributed by atoms with E-state index in [1.54, 1.807) is 6.07 Å². The van der Waals surface area contributed by atoms with E-state index in [0.717, 1.165) is 22.6 Å². The zero-order valence-corrected chi connectivity index (χ0v) is 12.7. The largest absolute Gasteiger partial charge is 0.315 e. The molecule has 1 saturated carbocycles. The van der Waals surface area contributed by atoms with Crippen molar-refractivity contribution in [3.05, 3.63) is 15.8 Å². The molecule has 6 heteroatoms. The first kappa shape index (κ1) is 14.0. The Morgan fingerprint density at radius 3 is 2.67 bits per heavy atom. The number of hydrogen-bond acceptors (Lipinski definition) is 4. The number of hydrogen-bond donors (Lipinski definition) is 2. The molecule has 1 aromatic heterocycles. The highest BCUT2D eigenvalue weighted by atomic mass is 32.2. The number of aryl methyl sites for hydroxylation is 1. The fraction of sp³-hybridized carbons (Fsp3) is 0.667. The summed E-state index contributed by atoms with van der Waals surface area (Å²) in [6, 6.07) is 1.77. The third-order valence-electron chi connectivity index (χ3n) is 3.36. The molecule has 1 aliphatic rings. The molecule has 0 unspecified atom stereocenters. The van der Waals surface area contributed by atoms with Gasteiger partial charge in [0.2, 0.25) is 10.0 Å². The number of sulfonamides is 1. The van der Waals surface area contributed by atoms with Crippen LogP contribution in [0.2, 0.25) is 0 Å². The molecular formula is C12H20N2O2S2. The van der Waals surface area contributed by atoms with Crippen molar-refractivity contribution in [1.29, 1.82) is 0 Å². The zero-order valence-electron chi connectivity index (χ0n) is 11.0. The van der Waals surface area contributed by atoms with E-state index in [1.165, 1.54) is 11.3 Å². The molecule has 0 bridgehead atoms. The van der Waals surface area contributed by atoms with Gasteiger partial charge in [-0.15, -0.1) is 11.3 Å². The summed E-state index contributed by atoms with van der Waals surface area (Å²) in [5.41, 5.74) is 0.185. The van der Waals surface area contributed by atoms with E-state index < -0.39 is 10.0 Å². The zero-order chi connectivity index (χ0) is 13.4. The van der Waals surface area contributed by atoms with E-state index >= 15 is 0 Å². The van der Waals surface area contributed by atoms with Gasteiger partial charge in [0, 0.05) is 22.8 Å². The van der Waals surface area contributed by atoms with Crippen molar-refractivity contribution in [2.24, 2.45) is 5.41 Å². The van der Waals surface area contributed by atoms with E-state index in [0.29, 0.717) is 18.0 Å². The Hall–Kier alpha value is -0.430. The van der Waals surface area contributed by atoms with Crippen molar-refractivity contribution < 1.29 is 8.42 Å². The average Bonchev–Trinajstić information content (AvgIpc) is 2.90. The molecule has 1 aromatic rings. The molecule has 0 radical (unpaired) electrons. The summed E-state index contributed by atoms with van der Waals surface area (Å²) < 4.78 is 27.2. The molecule has 0 atom stereocenters. The summed E-state index contributed by atoms with van der Waals surface area (Å²) in [5, 5.41) is 3.04. The smallest absolute Gasteiger partial charge is 0.241 e. The third kappa shape index (κ3) is 3.12. The monoisotopic (exact) mass is 288 g/mol. The second kappa shape index (κ2) is 4.92. The minimum absolute atomic E-state index is 0.185. The van der Waals surface area contributed by atoms with E-state index in [2.05, 4.69) is 17.0 Å². The Bertz CT molecular complexity index is 530. The normalized spacial score (nSPS) is 17.9. The molecule has 4 nitrogen and oxygen atoms in total. The summed E-state index contributed by atoms with van der Waals surface area (Å²) >= 11 is 1.53. The lowest BCUT2D eigenvalue weighted by Gasteiger charge is -2.10. The molecule has 2 N–H and O–H groups in total. The molecule has 18 heavy (non-hydrogen) atoms. The second-order valence-electron chi connectivity index (χ2n) is 5.30. The predicted octanol–water partition coefficient (Wildman–Crippen LogP) is 1.85. The highest BCUT2D eigenvalue weighted by molar-refractivity contribution is 7.89. The van der Waals surface area contributed by atoms with Crippen LogP contribution in [0.25, 0.3) is 0 Å². The number of rotatable bonds is 6. The van der Waals surface area contributed by atoms with Crippen molar-refractivity contribution in [3.8, 4) is 0 Å². The van der Waals surface area contributed by atoms with Gasteiger partial charge < -0.3 is 5.32 Å². The van der Waals surface area contributed by atoms with Crippen LogP contribution in [-0.2, 0) is 16.6 Å². The van der Waals surface area contributed by atoms with Gasteiger partial charge >= 0.3 is 0 Å². The van der Waals surface area contributed by atoms with Gasteiger partial charge in [-0.1, -0.05) is 6.92 Å². The van der Waals surface area contributed by atoms with Crippen LogP contribution in [0.5, 0.6) is 0 Å². The predicted molar refractivity (Wildman–Crippen MR) is 74.3 cm³/mol. The maximum atomic E-state index is 12.2. The first-order chi connectivity index (χ1) is 8.36. The van der Waals surface area contributed by atoms with Crippen molar-refractivity contribution in [2.45, 2.75) is 38.1 Å². The second-order valence-corrected chi connectivity index (χ2v) is 8.37. The van der Waals surface area contributed by atoms with Gasteiger partial charge in [0.1, 0.15) is 0 Å². The molecule has 0 aliphatic heterocycles. The van der Waals surface area contributed by atoms with Crippen LogP contribution in [0.4, 0.5) is 0 Å². The van der Waals surface area contributed by atoms with Crippen molar-refractivity contribution in [1.82, 2.24) is 10.0 Å². The fourth-order valence-corrected chi connectivity index (χ4v) is 4.63. The lowest BCUT2D eigenvalue weighted by atomic mass is 10.2. The van der Waals surface area contributed by atoms with Gasteiger partial charge in [0.05, 0.1) is 4.90 Å². The summed E-state index contributed by atoms with van der Waals surface area (Å²) in [6.07, 6.45) is 2.23. The first-order valence-electron chi connectivity index (χ1n) is 6.10. The number of nitrogens with one attached hydrogen (secondary N) is 2. The van der Waals surface area contributed by atoms with Crippen molar-refractivity contribution in [2.75, 3.05) is 13.6 Å². The van der Waals surface area contributed by atoms with Crippen molar-refractivity contribution >= 4 is 21.4 Å². The fourth-order valence-electron chi connectivity index (χ4n) is 1.79. The quantitative estimate of drug-likeness (QED) is 0.840. The Labute approximate surface area is 113 Å². The van der Waals surface area contributed by atoms with Gasteiger partial charge in [0.15, 0.2) is 0 Å². The highest BCUT2D eigenvalue weighted by Gasteiger charge is 2.38. The first-order valence-corrected chi connectivity index (χ1v) is 8.40. The van der Waals surface area contributed by atoms with Gasteiger partial charge in [-0.2, -0.15) is 0 Å². The van der Waals surface area contributed by atoms with E-state index in [9.17, 15) is 8.42 Å². The minimum Gasteiger partial charge on any atom is -0.315 e. The van der Waals surface area contributed by atoms with Gasteiger partial charge in [-0.05, 0) is 38.3 Å². The van der Waals surface area contributed by atoms with E-state index in [4.69, 9.17) is 0 Å². The van der Waals surface area contributed by atoms with Crippen LogP contribution >= 0.6 is 11.3 Å². The molecule has 1 fully saturated rings. The van der Waals surface area contributed by atoms with Crippen LogP contribution < -0.4 is 10.0 Å². The van der Waals surface area contributed by atoms with Crippen LogP contribution in [0.1, 0.15) is 29.5 Å². The standard InChI is InChI=1S/C12H20N2O2S2/c1-9-11(6-10(17-9)7-13-3)18(15,16)14-8-12(2)4-5-12/h6,13-14H,4-5,7-8H2,1-3H3. The molecule has 2 rings (SSSR count). The van der Waals surface area contributed by atoms with Gasteiger partial charge in [0.25, 0.3) is 0 Å². The maximum absolute atomic E-state index is 12.2. The summed E-state index contributed by atoms with van der Waals surface area (Å²) in [7, 11) is -1.49. The van der Waals surface area contributed by atoms with Gasteiger partial charge in [-0.25, -0.2) is 13.1 Å². The maximum Gasteiger partial charge on any atom is 0.241 e.